The van der Waals surface area contributed by atoms with Gasteiger partial charge in [-0.2, -0.15) is 5.10 Å². The van der Waals surface area contributed by atoms with Crippen LogP contribution >= 0.6 is 11.6 Å². The number of ether oxygens (including phenoxy) is 1. The Kier molecular flexibility index (Phi) is 5.75. The van der Waals surface area contributed by atoms with Gasteiger partial charge in [-0.3, -0.25) is 9.67 Å². The molecule has 7 nitrogen and oxygen atoms in total. The number of pyridine rings is 1. The van der Waals surface area contributed by atoms with E-state index in [1.807, 2.05) is 50.3 Å². The number of carbonyl (C=O) groups is 1. The molecule has 0 fully saturated rings. The smallest absolute Gasteiger partial charge is 0.337 e. The van der Waals surface area contributed by atoms with Crippen LogP contribution in [-0.2, 0) is 11.8 Å². The highest BCUT2D eigenvalue weighted by Crippen LogP contribution is 2.38. The van der Waals surface area contributed by atoms with Gasteiger partial charge in [0.2, 0.25) is 0 Å². The second kappa shape index (κ2) is 8.22. The quantitative estimate of drug-likeness (QED) is 0.372. The van der Waals surface area contributed by atoms with E-state index in [4.69, 9.17) is 16.3 Å². The van der Waals surface area contributed by atoms with Crippen LogP contribution in [0.4, 0.5) is 5.82 Å². The van der Waals surface area contributed by atoms with Crippen LogP contribution in [0, 0.1) is 0 Å². The molecule has 3 aromatic rings. The number of hydrogen-bond donors (Lipinski definition) is 0. The molecule has 3 rings (SSSR count). The molecular weight excluding hydrogens is 378 g/mol. The first-order valence-corrected chi connectivity index (χ1v) is 8.86. The van der Waals surface area contributed by atoms with Gasteiger partial charge in [-0.05, 0) is 24.3 Å². The van der Waals surface area contributed by atoms with E-state index >= 15 is 0 Å². The van der Waals surface area contributed by atoms with Crippen molar-refractivity contribution in [2.75, 3.05) is 21.2 Å². The number of carbonyl (C=O) groups excluding carboxylic acids is 1. The number of benzene rings is 1. The Labute approximate surface area is 168 Å². The summed E-state index contributed by atoms with van der Waals surface area (Å²) in [6.07, 6.45) is 3.23. The third-order valence-corrected chi connectivity index (χ3v) is 4.21. The molecule has 0 aliphatic heterocycles. The van der Waals surface area contributed by atoms with Crippen molar-refractivity contribution in [2.45, 2.75) is 0 Å². The van der Waals surface area contributed by atoms with Crippen molar-refractivity contribution in [1.82, 2.24) is 19.7 Å². The van der Waals surface area contributed by atoms with Crippen LogP contribution in [-0.4, -0.2) is 53.2 Å². The highest BCUT2D eigenvalue weighted by atomic mass is 35.5. The zero-order valence-corrected chi connectivity index (χ0v) is 16.8. The predicted molar refractivity (Wildman–Crippen MR) is 110 cm³/mol. The van der Waals surface area contributed by atoms with Gasteiger partial charge >= 0.3 is 5.97 Å². The molecule has 0 unspecified atom stereocenters. The zero-order valence-electron chi connectivity index (χ0n) is 16.0. The number of aliphatic imine (C=N–C) groups is 1. The molecule has 1 aromatic carbocycles. The fourth-order valence-corrected chi connectivity index (χ4v) is 2.98. The van der Waals surface area contributed by atoms with E-state index in [1.54, 1.807) is 29.3 Å². The zero-order chi connectivity index (χ0) is 20.3. The van der Waals surface area contributed by atoms with Gasteiger partial charge in [0.15, 0.2) is 5.82 Å². The average molecular weight is 398 g/mol. The normalized spacial score (nSPS) is 11.0. The molecule has 0 N–H and O–H groups in total. The molecule has 0 amide bonds. The van der Waals surface area contributed by atoms with E-state index in [0.717, 1.165) is 11.3 Å². The van der Waals surface area contributed by atoms with Crippen molar-refractivity contribution in [3.05, 3.63) is 53.2 Å². The van der Waals surface area contributed by atoms with Crippen LogP contribution in [0.1, 0.15) is 10.4 Å². The minimum Gasteiger partial charge on any atom is -0.465 e. The van der Waals surface area contributed by atoms with Crippen molar-refractivity contribution in [3.63, 3.8) is 0 Å². The lowest BCUT2D eigenvalue weighted by molar-refractivity contribution is 0.0600. The van der Waals surface area contributed by atoms with Crippen LogP contribution in [0.25, 0.3) is 22.5 Å². The fraction of sp³-hybridized carbons (Fsp3) is 0.200. The lowest BCUT2D eigenvalue weighted by atomic mass is 10.0. The number of halogens is 1. The summed E-state index contributed by atoms with van der Waals surface area (Å²) in [5, 5.41) is 5.16. The second-order valence-electron chi connectivity index (χ2n) is 6.31. The summed E-state index contributed by atoms with van der Waals surface area (Å²) in [4.78, 5) is 22.7. The van der Waals surface area contributed by atoms with E-state index in [2.05, 4.69) is 15.1 Å². The van der Waals surface area contributed by atoms with Gasteiger partial charge in [0.1, 0.15) is 0 Å². The summed E-state index contributed by atoms with van der Waals surface area (Å²) in [6.45, 7) is 0. The molecule has 2 aromatic heterocycles. The molecule has 0 radical (unpaired) electrons. The van der Waals surface area contributed by atoms with E-state index in [9.17, 15) is 4.79 Å². The minimum atomic E-state index is -0.435. The first kappa shape index (κ1) is 19.6. The molecule has 0 bridgehead atoms. The van der Waals surface area contributed by atoms with Gasteiger partial charge in [-0.15, -0.1) is 0 Å². The number of aryl methyl sites for hydroxylation is 1. The fourth-order valence-electron chi connectivity index (χ4n) is 2.79. The van der Waals surface area contributed by atoms with Gasteiger partial charge in [-0.25, -0.2) is 9.79 Å². The van der Waals surface area contributed by atoms with Gasteiger partial charge < -0.3 is 9.64 Å². The average Bonchev–Trinajstić information content (AvgIpc) is 3.02. The molecule has 0 saturated heterocycles. The van der Waals surface area contributed by atoms with Crippen LogP contribution in [0.5, 0.6) is 0 Å². The molecule has 8 heteroatoms. The number of hydrogen-bond acceptors (Lipinski definition) is 5. The number of rotatable bonds is 5. The summed E-state index contributed by atoms with van der Waals surface area (Å²) >= 11 is 6.20. The highest BCUT2D eigenvalue weighted by Gasteiger charge is 2.21. The van der Waals surface area contributed by atoms with Crippen LogP contribution in [0.3, 0.4) is 0 Å². The van der Waals surface area contributed by atoms with Gasteiger partial charge in [0.25, 0.3) is 0 Å². The van der Waals surface area contributed by atoms with E-state index in [1.165, 1.54) is 7.11 Å². The van der Waals surface area contributed by atoms with Crippen molar-refractivity contribution in [3.8, 4) is 22.5 Å². The molecule has 28 heavy (non-hydrogen) atoms. The Bertz CT molecular complexity index is 1040. The van der Waals surface area contributed by atoms with Crippen molar-refractivity contribution < 1.29 is 9.53 Å². The number of nitrogens with zero attached hydrogens (tertiary/aromatic N) is 5. The van der Waals surface area contributed by atoms with Crippen LogP contribution < -0.4 is 0 Å². The number of methoxy groups -OCH3 is 1. The Morgan fingerprint density at radius 3 is 2.75 bits per heavy atom. The molecule has 0 aliphatic carbocycles. The Hall–Kier alpha value is -3.19. The highest BCUT2D eigenvalue weighted by molar-refractivity contribution is 6.30. The lowest BCUT2D eigenvalue weighted by Crippen LogP contribution is -2.07. The van der Waals surface area contributed by atoms with Crippen molar-refractivity contribution in [2.24, 2.45) is 12.0 Å². The maximum Gasteiger partial charge on any atom is 0.337 e. The maximum atomic E-state index is 12.0. The molecular formula is C20H20ClN5O2. The summed E-state index contributed by atoms with van der Waals surface area (Å²) in [7, 11) is 6.93. The van der Waals surface area contributed by atoms with Crippen LogP contribution in [0.15, 0.2) is 47.6 Å². The summed E-state index contributed by atoms with van der Waals surface area (Å²) in [5.41, 5.74) is 3.33. The van der Waals surface area contributed by atoms with Gasteiger partial charge in [0.05, 0.1) is 36.0 Å². The third-order valence-electron chi connectivity index (χ3n) is 3.97. The Morgan fingerprint density at radius 1 is 1.29 bits per heavy atom. The summed E-state index contributed by atoms with van der Waals surface area (Å²) < 4.78 is 6.56. The van der Waals surface area contributed by atoms with Crippen LogP contribution in [0.2, 0.25) is 5.02 Å². The monoisotopic (exact) mass is 397 g/mol. The first-order valence-electron chi connectivity index (χ1n) is 8.49. The van der Waals surface area contributed by atoms with E-state index in [0.29, 0.717) is 27.7 Å². The van der Waals surface area contributed by atoms with E-state index in [-0.39, 0.29) is 0 Å². The Morgan fingerprint density at radius 2 is 2.07 bits per heavy atom. The minimum absolute atomic E-state index is 0.399. The largest absolute Gasteiger partial charge is 0.465 e. The van der Waals surface area contributed by atoms with E-state index < -0.39 is 5.97 Å². The molecule has 0 aliphatic rings. The number of esters is 1. The lowest BCUT2D eigenvalue weighted by Gasteiger charge is -2.08. The first-order chi connectivity index (χ1) is 13.4. The number of aromatic nitrogens is 3. The summed E-state index contributed by atoms with van der Waals surface area (Å²) in [5.74, 6) is 0.0517. The standard InChI is InChI=1S/C20H20ClN5O2/c1-25(2)12-23-19-17(16-11-14(8-9-22-16)20(27)28-4)18(26(3)24-19)13-6-5-7-15(21)10-13/h5-12H,1-4H3. The van der Waals surface area contributed by atoms with Crippen molar-refractivity contribution in [1.29, 1.82) is 0 Å². The third kappa shape index (κ3) is 4.04. The van der Waals surface area contributed by atoms with Crippen molar-refractivity contribution >= 4 is 29.7 Å². The SMILES string of the molecule is COC(=O)c1ccnc(-c2c(N=CN(C)C)nn(C)c2-c2cccc(Cl)c2)c1. The molecule has 0 spiro atoms. The molecule has 0 atom stereocenters. The molecule has 2 heterocycles. The Balaban J connectivity index is 2.26. The second-order valence-corrected chi connectivity index (χ2v) is 6.75. The van der Waals surface area contributed by atoms with Gasteiger partial charge in [0, 0.05) is 37.9 Å². The topological polar surface area (TPSA) is 72.6 Å². The summed E-state index contributed by atoms with van der Waals surface area (Å²) in [6, 6.07) is 10.7. The molecule has 0 saturated carbocycles. The molecule has 144 valence electrons. The van der Waals surface area contributed by atoms with Gasteiger partial charge in [-0.1, -0.05) is 23.7 Å². The maximum absolute atomic E-state index is 12.0. The predicted octanol–water partition coefficient (Wildman–Crippen LogP) is 3.81.